The first-order valence-corrected chi connectivity index (χ1v) is 9.50. The molecule has 130 valence electrons. The number of ether oxygens (including phenoxy) is 1. The van der Waals surface area contributed by atoms with E-state index >= 15 is 0 Å². The summed E-state index contributed by atoms with van der Waals surface area (Å²) in [4.78, 5) is 20.7. The third-order valence-corrected chi connectivity index (χ3v) is 5.33. The van der Waals surface area contributed by atoms with Crippen LogP contribution in [0.5, 0.6) is 5.75 Å². The first-order valence-electron chi connectivity index (χ1n) is 7.64. The van der Waals surface area contributed by atoms with Crippen LogP contribution in [-0.2, 0) is 11.3 Å². The number of thioether (sulfide) groups is 1. The highest BCUT2D eigenvalue weighted by Gasteiger charge is 2.10. The lowest BCUT2D eigenvalue weighted by Crippen LogP contribution is -2.24. The predicted octanol–water partition coefficient (Wildman–Crippen LogP) is 3.05. The van der Waals surface area contributed by atoms with Gasteiger partial charge in [0.1, 0.15) is 10.8 Å². The fourth-order valence-corrected chi connectivity index (χ4v) is 3.69. The van der Waals surface area contributed by atoms with Gasteiger partial charge in [-0.3, -0.25) is 9.36 Å². The summed E-state index contributed by atoms with van der Waals surface area (Å²) in [6.07, 6.45) is 3.60. The molecule has 3 rings (SSSR count). The van der Waals surface area contributed by atoms with Crippen molar-refractivity contribution >= 4 is 29.0 Å². The highest BCUT2D eigenvalue weighted by atomic mass is 32.2. The van der Waals surface area contributed by atoms with Gasteiger partial charge in [0, 0.05) is 29.2 Å². The number of methoxy groups -OCH3 is 1. The number of imidazole rings is 1. The lowest BCUT2D eigenvalue weighted by Gasteiger charge is -2.08. The standard InChI is InChI=1S/C17H18N4O2S2/c1-12-10-24-16(20-12)9-19-15(22)11-25-17-18-7-8-21(17)13-3-5-14(23-2)6-4-13/h3-8,10H,9,11H2,1-2H3,(H,19,22). The molecule has 0 radical (unpaired) electrons. The van der Waals surface area contributed by atoms with Gasteiger partial charge in [-0.15, -0.1) is 11.3 Å². The van der Waals surface area contributed by atoms with Crippen LogP contribution in [-0.4, -0.2) is 33.3 Å². The van der Waals surface area contributed by atoms with E-state index in [-0.39, 0.29) is 5.91 Å². The fraction of sp³-hybridized carbons (Fsp3) is 0.235. The quantitative estimate of drug-likeness (QED) is 0.644. The lowest BCUT2D eigenvalue weighted by molar-refractivity contribution is -0.118. The van der Waals surface area contributed by atoms with Crippen molar-refractivity contribution in [3.05, 3.63) is 52.7 Å². The van der Waals surface area contributed by atoms with Gasteiger partial charge in [-0.1, -0.05) is 11.8 Å². The molecule has 1 N–H and O–H groups in total. The Morgan fingerprint density at radius 2 is 2.16 bits per heavy atom. The topological polar surface area (TPSA) is 69.0 Å². The smallest absolute Gasteiger partial charge is 0.230 e. The van der Waals surface area contributed by atoms with Crippen LogP contribution in [0.25, 0.3) is 5.69 Å². The molecule has 0 saturated heterocycles. The molecule has 2 aromatic heterocycles. The molecule has 0 aliphatic rings. The normalized spacial score (nSPS) is 10.6. The molecule has 0 bridgehead atoms. The Hall–Kier alpha value is -2.32. The Morgan fingerprint density at radius 1 is 1.36 bits per heavy atom. The van der Waals surface area contributed by atoms with E-state index in [1.54, 1.807) is 24.6 Å². The summed E-state index contributed by atoms with van der Waals surface area (Å²) in [5.41, 5.74) is 1.95. The molecular formula is C17H18N4O2S2. The number of hydrogen-bond donors (Lipinski definition) is 1. The number of thiazole rings is 1. The monoisotopic (exact) mass is 374 g/mol. The van der Waals surface area contributed by atoms with Crippen LogP contribution >= 0.6 is 23.1 Å². The first kappa shape index (κ1) is 17.5. The van der Waals surface area contributed by atoms with E-state index in [4.69, 9.17) is 4.74 Å². The summed E-state index contributed by atoms with van der Waals surface area (Å²) >= 11 is 2.95. The third kappa shape index (κ3) is 4.61. The van der Waals surface area contributed by atoms with Crippen LogP contribution in [0, 0.1) is 6.92 Å². The fourth-order valence-electron chi connectivity index (χ4n) is 2.18. The summed E-state index contributed by atoms with van der Waals surface area (Å²) in [5, 5.41) is 6.54. The second-order valence-electron chi connectivity index (χ2n) is 5.23. The molecule has 0 aliphatic heterocycles. The molecule has 3 aromatic rings. The third-order valence-electron chi connectivity index (χ3n) is 3.39. The molecule has 1 aromatic carbocycles. The van der Waals surface area contributed by atoms with Crippen LogP contribution in [0.15, 0.2) is 47.2 Å². The number of amides is 1. The zero-order chi connectivity index (χ0) is 17.6. The van der Waals surface area contributed by atoms with Crippen molar-refractivity contribution in [1.29, 1.82) is 0 Å². The number of benzene rings is 1. The van der Waals surface area contributed by atoms with Crippen molar-refractivity contribution in [1.82, 2.24) is 19.9 Å². The van der Waals surface area contributed by atoms with Crippen molar-refractivity contribution in [3.8, 4) is 11.4 Å². The molecule has 0 saturated carbocycles. The second-order valence-corrected chi connectivity index (χ2v) is 7.11. The minimum atomic E-state index is -0.0397. The maximum Gasteiger partial charge on any atom is 0.230 e. The number of aryl methyl sites for hydroxylation is 1. The number of nitrogens with one attached hydrogen (secondary N) is 1. The molecule has 0 spiro atoms. The minimum absolute atomic E-state index is 0.0397. The highest BCUT2D eigenvalue weighted by Crippen LogP contribution is 2.22. The zero-order valence-electron chi connectivity index (χ0n) is 13.9. The van der Waals surface area contributed by atoms with E-state index in [1.807, 2.05) is 47.3 Å². The SMILES string of the molecule is COc1ccc(-n2ccnc2SCC(=O)NCc2nc(C)cs2)cc1. The summed E-state index contributed by atoms with van der Waals surface area (Å²) in [5.74, 6) is 1.06. The predicted molar refractivity (Wildman–Crippen MR) is 99.5 cm³/mol. The van der Waals surface area contributed by atoms with Gasteiger partial charge in [-0.05, 0) is 31.2 Å². The molecule has 0 aliphatic carbocycles. The Morgan fingerprint density at radius 3 is 2.84 bits per heavy atom. The van der Waals surface area contributed by atoms with Gasteiger partial charge >= 0.3 is 0 Å². The van der Waals surface area contributed by atoms with E-state index in [2.05, 4.69) is 15.3 Å². The molecule has 6 nitrogen and oxygen atoms in total. The van der Waals surface area contributed by atoms with Gasteiger partial charge in [-0.2, -0.15) is 0 Å². The van der Waals surface area contributed by atoms with E-state index < -0.39 is 0 Å². The molecule has 0 unspecified atom stereocenters. The van der Waals surface area contributed by atoms with Gasteiger partial charge in [0.05, 0.1) is 19.4 Å². The van der Waals surface area contributed by atoms with E-state index in [1.165, 1.54) is 11.8 Å². The number of rotatable bonds is 7. The summed E-state index contributed by atoms with van der Waals surface area (Å²) in [6.45, 7) is 2.40. The van der Waals surface area contributed by atoms with Gasteiger partial charge in [-0.25, -0.2) is 9.97 Å². The second kappa shape index (κ2) is 8.17. The maximum atomic E-state index is 12.0. The number of carbonyl (C=O) groups is 1. The van der Waals surface area contributed by atoms with E-state index in [0.29, 0.717) is 12.3 Å². The summed E-state index contributed by atoms with van der Waals surface area (Å²) in [6, 6.07) is 7.70. The molecule has 25 heavy (non-hydrogen) atoms. The Balaban J connectivity index is 1.56. The van der Waals surface area contributed by atoms with Gasteiger partial charge < -0.3 is 10.1 Å². The molecule has 8 heteroatoms. The van der Waals surface area contributed by atoms with Crippen LogP contribution in [0.1, 0.15) is 10.7 Å². The molecule has 1 amide bonds. The average molecular weight is 374 g/mol. The maximum absolute atomic E-state index is 12.0. The van der Waals surface area contributed by atoms with Crippen LogP contribution < -0.4 is 10.1 Å². The molecule has 2 heterocycles. The molecule has 0 atom stereocenters. The highest BCUT2D eigenvalue weighted by molar-refractivity contribution is 7.99. The summed E-state index contributed by atoms with van der Waals surface area (Å²) in [7, 11) is 1.64. The van der Waals surface area contributed by atoms with Crippen molar-refractivity contribution in [2.24, 2.45) is 0 Å². The van der Waals surface area contributed by atoms with Gasteiger partial charge in [0.2, 0.25) is 5.91 Å². The van der Waals surface area contributed by atoms with E-state index in [9.17, 15) is 4.79 Å². The van der Waals surface area contributed by atoms with Crippen molar-refractivity contribution < 1.29 is 9.53 Å². The van der Waals surface area contributed by atoms with Gasteiger partial charge in [0.15, 0.2) is 5.16 Å². The molecule has 0 fully saturated rings. The van der Waals surface area contributed by atoms with Crippen molar-refractivity contribution in [2.75, 3.05) is 12.9 Å². The first-order chi connectivity index (χ1) is 12.2. The lowest BCUT2D eigenvalue weighted by atomic mass is 10.3. The Labute approximate surface area is 154 Å². The largest absolute Gasteiger partial charge is 0.497 e. The number of carbonyl (C=O) groups excluding carboxylic acids is 1. The van der Waals surface area contributed by atoms with E-state index in [0.717, 1.165) is 27.3 Å². The molecular weight excluding hydrogens is 356 g/mol. The number of nitrogens with zero attached hydrogens (tertiary/aromatic N) is 3. The van der Waals surface area contributed by atoms with Crippen LogP contribution in [0.2, 0.25) is 0 Å². The minimum Gasteiger partial charge on any atom is -0.497 e. The zero-order valence-corrected chi connectivity index (χ0v) is 15.6. The van der Waals surface area contributed by atoms with Crippen molar-refractivity contribution in [3.63, 3.8) is 0 Å². The summed E-state index contributed by atoms with van der Waals surface area (Å²) < 4.78 is 7.12. The Kier molecular flexibility index (Phi) is 5.72. The number of hydrogen-bond acceptors (Lipinski definition) is 6. The number of aromatic nitrogens is 3. The van der Waals surface area contributed by atoms with Crippen LogP contribution in [0.4, 0.5) is 0 Å². The van der Waals surface area contributed by atoms with Gasteiger partial charge in [0.25, 0.3) is 0 Å². The van der Waals surface area contributed by atoms with Crippen LogP contribution in [0.3, 0.4) is 0 Å². The Bertz CT molecular complexity index is 842. The van der Waals surface area contributed by atoms with Crippen molar-refractivity contribution in [2.45, 2.75) is 18.6 Å². The average Bonchev–Trinajstić information content (AvgIpc) is 3.27.